The summed E-state index contributed by atoms with van der Waals surface area (Å²) in [6.45, 7) is 0.0250. The summed E-state index contributed by atoms with van der Waals surface area (Å²) in [4.78, 5) is 33.8. The number of aromatic nitrogens is 2. The molecule has 0 amide bonds. The molecule has 0 atom stereocenters. The third kappa shape index (κ3) is 3.93. The number of rotatable bonds is 5. The Kier molecular flexibility index (Phi) is 5.03. The highest BCUT2D eigenvalue weighted by Crippen LogP contribution is 2.33. The van der Waals surface area contributed by atoms with Crippen molar-refractivity contribution in [3.8, 4) is 0 Å². The lowest BCUT2D eigenvalue weighted by molar-refractivity contribution is -0.144. The molecule has 0 bridgehead atoms. The molecule has 0 saturated heterocycles. The fraction of sp³-hybridized carbons (Fsp3) is 0.350. The van der Waals surface area contributed by atoms with Crippen molar-refractivity contribution in [1.82, 2.24) is 9.97 Å². The number of nitrogens with one attached hydrogen (secondary N) is 1. The van der Waals surface area contributed by atoms with Crippen LogP contribution in [0, 0.1) is 5.82 Å². The number of hydrogen-bond acceptors (Lipinski definition) is 5. The summed E-state index contributed by atoms with van der Waals surface area (Å²) in [6.07, 6.45) is 4.62. The molecule has 2 aromatic heterocycles. The van der Waals surface area contributed by atoms with Crippen molar-refractivity contribution in [2.45, 2.75) is 45.1 Å². The van der Waals surface area contributed by atoms with Crippen molar-refractivity contribution < 1.29 is 13.9 Å². The van der Waals surface area contributed by atoms with E-state index < -0.39 is 5.97 Å². The molecule has 0 aliphatic heterocycles. The molecular formula is C20H19FN2O3S. The van der Waals surface area contributed by atoms with E-state index in [4.69, 9.17) is 4.74 Å². The molecule has 1 N–H and O–H groups in total. The normalized spacial score (nSPS) is 13.5. The van der Waals surface area contributed by atoms with Gasteiger partial charge in [-0.05, 0) is 48.9 Å². The van der Waals surface area contributed by atoms with E-state index >= 15 is 0 Å². The van der Waals surface area contributed by atoms with Gasteiger partial charge in [-0.25, -0.2) is 9.37 Å². The Morgan fingerprint density at radius 2 is 2.15 bits per heavy atom. The zero-order valence-electron chi connectivity index (χ0n) is 14.7. The van der Waals surface area contributed by atoms with Crippen LogP contribution in [0.5, 0.6) is 0 Å². The fourth-order valence-electron chi connectivity index (χ4n) is 3.41. The number of carbonyl (C=O) groups is 1. The molecule has 7 heteroatoms. The number of hydrogen-bond donors (Lipinski definition) is 1. The highest BCUT2D eigenvalue weighted by atomic mass is 32.1. The van der Waals surface area contributed by atoms with Crippen LogP contribution in [0.1, 0.15) is 41.1 Å². The Morgan fingerprint density at radius 3 is 3.00 bits per heavy atom. The highest BCUT2D eigenvalue weighted by molar-refractivity contribution is 7.18. The number of fused-ring (bicyclic) bond motifs is 3. The van der Waals surface area contributed by atoms with Gasteiger partial charge in [-0.2, -0.15) is 0 Å². The van der Waals surface area contributed by atoms with E-state index in [-0.39, 0.29) is 24.4 Å². The zero-order valence-corrected chi connectivity index (χ0v) is 15.5. The number of thiophene rings is 1. The molecular weight excluding hydrogens is 367 g/mol. The number of carbonyl (C=O) groups excluding carboxylic acids is 1. The van der Waals surface area contributed by atoms with Gasteiger partial charge in [0.05, 0.1) is 11.8 Å². The molecule has 1 aromatic carbocycles. The topological polar surface area (TPSA) is 72.0 Å². The number of nitrogens with zero attached hydrogens (tertiary/aromatic N) is 1. The number of aryl methyl sites for hydroxylation is 3. The lowest BCUT2D eigenvalue weighted by Gasteiger charge is -2.09. The van der Waals surface area contributed by atoms with Crippen molar-refractivity contribution in [2.24, 2.45) is 0 Å². The lowest BCUT2D eigenvalue weighted by Crippen LogP contribution is -2.14. The SMILES string of the molecule is O=C(CCc1nc2sc3c(c2c(=O)[nH]1)CCCC3)OCc1cccc(F)c1. The van der Waals surface area contributed by atoms with Crippen LogP contribution in [0.15, 0.2) is 29.1 Å². The predicted molar refractivity (Wildman–Crippen MR) is 101 cm³/mol. The number of ether oxygens (including phenoxy) is 1. The van der Waals surface area contributed by atoms with Gasteiger partial charge in [0.15, 0.2) is 0 Å². The summed E-state index contributed by atoms with van der Waals surface area (Å²) in [5.41, 5.74) is 1.62. The monoisotopic (exact) mass is 386 g/mol. The molecule has 3 aromatic rings. The van der Waals surface area contributed by atoms with E-state index in [2.05, 4.69) is 9.97 Å². The lowest BCUT2D eigenvalue weighted by atomic mass is 9.97. The van der Waals surface area contributed by atoms with Gasteiger partial charge in [0.25, 0.3) is 5.56 Å². The Balaban J connectivity index is 1.41. The smallest absolute Gasteiger partial charge is 0.306 e. The maximum Gasteiger partial charge on any atom is 0.306 e. The first-order chi connectivity index (χ1) is 13.1. The second kappa shape index (κ2) is 7.60. The molecule has 0 saturated carbocycles. The van der Waals surface area contributed by atoms with Gasteiger partial charge in [0.1, 0.15) is 23.1 Å². The number of halogens is 1. The van der Waals surface area contributed by atoms with Crippen LogP contribution in [0.3, 0.4) is 0 Å². The van der Waals surface area contributed by atoms with E-state index in [1.165, 1.54) is 17.0 Å². The van der Waals surface area contributed by atoms with Gasteiger partial charge >= 0.3 is 5.97 Å². The average molecular weight is 386 g/mol. The molecule has 1 aliphatic rings. The molecule has 140 valence electrons. The molecule has 0 radical (unpaired) electrons. The van der Waals surface area contributed by atoms with Crippen LogP contribution < -0.4 is 5.56 Å². The molecule has 0 spiro atoms. The third-order valence-electron chi connectivity index (χ3n) is 4.73. The molecule has 0 unspecified atom stereocenters. The van der Waals surface area contributed by atoms with Gasteiger partial charge < -0.3 is 9.72 Å². The van der Waals surface area contributed by atoms with Crippen molar-refractivity contribution in [3.63, 3.8) is 0 Å². The number of benzene rings is 1. The molecule has 2 heterocycles. The number of aromatic amines is 1. The number of esters is 1. The van der Waals surface area contributed by atoms with E-state index in [0.717, 1.165) is 36.1 Å². The van der Waals surface area contributed by atoms with Crippen LogP contribution in [0.25, 0.3) is 10.2 Å². The van der Waals surface area contributed by atoms with E-state index in [0.29, 0.717) is 23.2 Å². The Hall–Kier alpha value is -2.54. The minimum absolute atomic E-state index is 0.0250. The summed E-state index contributed by atoms with van der Waals surface area (Å²) in [5, 5.41) is 0.715. The largest absolute Gasteiger partial charge is 0.461 e. The summed E-state index contributed by atoms with van der Waals surface area (Å²) < 4.78 is 18.3. The molecule has 0 fully saturated rings. The minimum Gasteiger partial charge on any atom is -0.461 e. The summed E-state index contributed by atoms with van der Waals surface area (Å²) in [6, 6.07) is 5.94. The quantitative estimate of drug-likeness (QED) is 0.679. The first kappa shape index (κ1) is 17.9. The maximum atomic E-state index is 13.1. The van der Waals surface area contributed by atoms with Crippen molar-refractivity contribution >= 4 is 27.5 Å². The van der Waals surface area contributed by atoms with Crippen molar-refractivity contribution in [2.75, 3.05) is 0 Å². The minimum atomic E-state index is -0.410. The first-order valence-corrected chi connectivity index (χ1v) is 9.85. The predicted octanol–water partition coefficient (Wildman–Crippen LogP) is 3.68. The van der Waals surface area contributed by atoms with Crippen LogP contribution >= 0.6 is 11.3 Å². The Morgan fingerprint density at radius 1 is 1.30 bits per heavy atom. The maximum absolute atomic E-state index is 13.1. The highest BCUT2D eigenvalue weighted by Gasteiger charge is 2.20. The zero-order chi connectivity index (χ0) is 18.8. The standard InChI is InChI=1S/C20H19FN2O3S/c21-13-5-3-4-12(10-13)11-26-17(24)9-8-16-22-19(25)18-14-6-1-2-7-15(14)27-20(18)23-16/h3-5,10H,1-2,6-9,11H2,(H,22,23,25). The van der Waals surface area contributed by atoms with Gasteiger partial charge in [-0.1, -0.05) is 12.1 Å². The van der Waals surface area contributed by atoms with Crippen LogP contribution in [-0.4, -0.2) is 15.9 Å². The Labute approximate surface area is 159 Å². The second-order valence-corrected chi connectivity index (χ2v) is 7.78. The van der Waals surface area contributed by atoms with Crippen LogP contribution in [0.2, 0.25) is 0 Å². The van der Waals surface area contributed by atoms with Gasteiger partial charge in [0, 0.05) is 11.3 Å². The van der Waals surface area contributed by atoms with E-state index in [9.17, 15) is 14.0 Å². The fourth-order valence-corrected chi connectivity index (χ4v) is 4.69. The van der Waals surface area contributed by atoms with E-state index in [1.807, 2.05) is 0 Å². The third-order valence-corrected chi connectivity index (χ3v) is 5.91. The summed E-state index contributed by atoms with van der Waals surface area (Å²) in [5.74, 6) is -0.279. The molecule has 5 nitrogen and oxygen atoms in total. The van der Waals surface area contributed by atoms with Crippen LogP contribution in [-0.2, 0) is 35.4 Å². The second-order valence-electron chi connectivity index (χ2n) is 6.69. The van der Waals surface area contributed by atoms with Crippen LogP contribution in [0.4, 0.5) is 4.39 Å². The van der Waals surface area contributed by atoms with Crippen molar-refractivity contribution in [1.29, 1.82) is 0 Å². The average Bonchev–Trinajstić information content (AvgIpc) is 3.03. The summed E-state index contributed by atoms with van der Waals surface area (Å²) >= 11 is 1.59. The number of H-pyrrole nitrogens is 1. The first-order valence-electron chi connectivity index (χ1n) is 9.03. The van der Waals surface area contributed by atoms with Gasteiger partial charge in [-0.3, -0.25) is 9.59 Å². The summed E-state index contributed by atoms with van der Waals surface area (Å²) in [7, 11) is 0. The van der Waals surface area contributed by atoms with Gasteiger partial charge in [-0.15, -0.1) is 11.3 Å². The molecule has 1 aliphatic carbocycles. The van der Waals surface area contributed by atoms with E-state index in [1.54, 1.807) is 23.5 Å². The van der Waals surface area contributed by atoms with Gasteiger partial charge in [0.2, 0.25) is 0 Å². The van der Waals surface area contributed by atoms with Crippen molar-refractivity contribution in [3.05, 3.63) is 62.3 Å². The molecule has 4 rings (SSSR count). The Bertz CT molecular complexity index is 1060. The molecule has 27 heavy (non-hydrogen) atoms.